The Bertz CT molecular complexity index is 894. The molecule has 1 unspecified atom stereocenters. The lowest BCUT2D eigenvalue weighted by molar-refractivity contribution is -0.119. The first-order valence-electron chi connectivity index (χ1n) is 8.56. The van der Waals surface area contributed by atoms with Crippen molar-refractivity contribution in [3.63, 3.8) is 0 Å². The molecule has 3 heterocycles. The Morgan fingerprint density at radius 1 is 1.19 bits per heavy atom. The van der Waals surface area contributed by atoms with E-state index < -0.39 is 0 Å². The van der Waals surface area contributed by atoms with Crippen molar-refractivity contribution >= 4 is 11.9 Å². The smallest absolute Gasteiger partial charge is 0.248 e. The van der Waals surface area contributed by atoms with Gasteiger partial charge in [0.25, 0.3) is 0 Å². The number of carbonyl (C=O) groups is 1. The summed E-state index contributed by atoms with van der Waals surface area (Å²) in [6.07, 6.45) is 4.21. The van der Waals surface area contributed by atoms with Crippen LogP contribution in [0.1, 0.15) is 29.3 Å². The van der Waals surface area contributed by atoms with Gasteiger partial charge >= 0.3 is 0 Å². The topological polar surface area (TPSA) is 81.9 Å². The fourth-order valence-corrected chi connectivity index (χ4v) is 3.08. The van der Waals surface area contributed by atoms with Gasteiger partial charge < -0.3 is 4.74 Å². The minimum atomic E-state index is -0.226. The molecule has 0 aliphatic carbocycles. The second-order valence-electron chi connectivity index (χ2n) is 6.15. The van der Waals surface area contributed by atoms with Crippen molar-refractivity contribution < 1.29 is 9.53 Å². The first-order valence-corrected chi connectivity index (χ1v) is 8.56. The summed E-state index contributed by atoms with van der Waals surface area (Å²) >= 11 is 0. The Balaban J connectivity index is 1.37. The van der Waals surface area contributed by atoms with E-state index in [2.05, 4.69) is 26.4 Å². The molecule has 132 valence electrons. The van der Waals surface area contributed by atoms with Crippen molar-refractivity contribution in [2.75, 3.05) is 11.9 Å². The zero-order chi connectivity index (χ0) is 17.8. The average Bonchev–Trinajstić information content (AvgIpc) is 3.09. The zero-order valence-electron chi connectivity index (χ0n) is 14.2. The van der Waals surface area contributed by atoms with Crippen molar-refractivity contribution in [1.82, 2.24) is 19.7 Å². The molecule has 1 N–H and O–H groups in total. The van der Waals surface area contributed by atoms with E-state index in [0.717, 1.165) is 17.7 Å². The third-order valence-electron chi connectivity index (χ3n) is 4.30. The van der Waals surface area contributed by atoms with Gasteiger partial charge in [-0.3, -0.25) is 15.1 Å². The molecule has 0 saturated heterocycles. The van der Waals surface area contributed by atoms with Crippen molar-refractivity contribution in [1.29, 1.82) is 0 Å². The van der Waals surface area contributed by atoms with Crippen LogP contribution in [-0.4, -0.2) is 32.3 Å². The molecular formula is C19H19N5O2. The van der Waals surface area contributed by atoms with E-state index >= 15 is 0 Å². The number of nitrogens with one attached hydrogen (secondary N) is 1. The lowest BCUT2D eigenvalue weighted by Crippen LogP contribution is -2.22. The molecule has 1 amide bonds. The number of nitrogens with zero attached hydrogens (tertiary/aromatic N) is 4. The van der Waals surface area contributed by atoms with Crippen LogP contribution in [0.3, 0.4) is 0 Å². The largest absolute Gasteiger partial charge is 0.373 e. The summed E-state index contributed by atoms with van der Waals surface area (Å²) in [4.78, 5) is 20.8. The zero-order valence-corrected chi connectivity index (χ0v) is 14.2. The number of ether oxygens (including phenoxy) is 1. The number of hydrogen-bond acceptors (Lipinski definition) is 5. The lowest BCUT2D eigenvalue weighted by atomic mass is 9.96. The van der Waals surface area contributed by atoms with E-state index in [4.69, 9.17) is 4.74 Å². The average molecular weight is 349 g/mol. The van der Waals surface area contributed by atoms with Gasteiger partial charge in [0.15, 0.2) is 0 Å². The molecule has 2 aromatic heterocycles. The minimum absolute atomic E-state index is 0.165. The van der Waals surface area contributed by atoms with Crippen molar-refractivity contribution in [2.24, 2.45) is 0 Å². The quantitative estimate of drug-likeness (QED) is 0.765. The van der Waals surface area contributed by atoms with Gasteiger partial charge in [0, 0.05) is 6.20 Å². The number of hydrogen-bond donors (Lipinski definition) is 1. The van der Waals surface area contributed by atoms with Crippen LogP contribution in [0.4, 0.5) is 5.95 Å². The molecule has 7 nitrogen and oxygen atoms in total. The number of anilines is 1. The Morgan fingerprint density at radius 3 is 2.96 bits per heavy atom. The van der Waals surface area contributed by atoms with Gasteiger partial charge in [-0.2, -0.15) is 0 Å². The second-order valence-corrected chi connectivity index (χ2v) is 6.15. The monoisotopic (exact) mass is 349 g/mol. The minimum Gasteiger partial charge on any atom is -0.373 e. The van der Waals surface area contributed by atoms with E-state index in [1.54, 1.807) is 17.2 Å². The Morgan fingerprint density at radius 2 is 2.08 bits per heavy atom. The van der Waals surface area contributed by atoms with Crippen LogP contribution in [0.15, 0.2) is 55.0 Å². The number of carbonyl (C=O) groups excluding carboxylic acids is 1. The third kappa shape index (κ3) is 3.78. The first-order chi connectivity index (χ1) is 12.8. The molecule has 7 heteroatoms. The second kappa shape index (κ2) is 7.45. The molecule has 0 radical (unpaired) electrons. The maximum atomic E-state index is 12.4. The highest BCUT2D eigenvalue weighted by atomic mass is 16.5. The molecule has 3 aromatic rings. The summed E-state index contributed by atoms with van der Waals surface area (Å²) in [7, 11) is 0. The Kier molecular flexibility index (Phi) is 4.70. The lowest BCUT2D eigenvalue weighted by Gasteiger charge is -2.25. The van der Waals surface area contributed by atoms with Gasteiger partial charge in [-0.15, -0.1) is 5.10 Å². The van der Waals surface area contributed by atoms with E-state index in [0.29, 0.717) is 13.2 Å². The van der Waals surface area contributed by atoms with E-state index in [-0.39, 0.29) is 24.4 Å². The molecule has 0 saturated carbocycles. The summed E-state index contributed by atoms with van der Waals surface area (Å²) in [6, 6.07) is 13.8. The predicted molar refractivity (Wildman–Crippen MR) is 95.4 cm³/mol. The number of pyridine rings is 1. The summed E-state index contributed by atoms with van der Waals surface area (Å²) in [5, 5.41) is 7.02. The fraction of sp³-hybridized carbons (Fsp3) is 0.263. The molecule has 1 atom stereocenters. The van der Waals surface area contributed by atoms with Crippen LogP contribution in [0, 0.1) is 0 Å². The number of amides is 1. The number of rotatable bonds is 5. The van der Waals surface area contributed by atoms with Gasteiger partial charge in [-0.1, -0.05) is 30.3 Å². The van der Waals surface area contributed by atoms with Crippen molar-refractivity contribution in [3.8, 4) is 0 Å². The molecule has 1 aliphatic rings. The number of benzene rings is 1. The van der Waals surface area contributed by atoms with Gasteiger partial charge in [0.1, 0.15) is 6.33 Å². The molecule has 0 bridgehead atoms. The highest BCUT2D eigenvalue weighted by Crippen LogP contribution is 2.29. The summed E-state index contributed by atoms with van der Waals surface area (Å²) in [6.45, 7) is 1.13. The van der Waals surface area contributed by atoms with Gasteiger partial charge in [0.2, 0.25) is 11.9 Å². The molecule has 4 rings (SSSR count). The number of aromatic nitrogens is 4. The standard InChI is InChI=1S/C19H19N5O2/c25-18(11-17-16-7-2-1-5-14(16)8-10-26-17)22-19-21-13-24(23-19)12-15-6-3-4-9-20-15/h1-7,9,13,17H,8,10-12H2,(H,22,23,25). The molecule has 26 heavy (non-hydrogen) atoms. The van der Waals surface area contributed by atoms with Gasteiger partial charge in [-0.25, -0.2) is 9.67 Å². The number of fused-ring (bicyclic) bond motifs is 1. The van der Waals surface area contributed by atoms with Crippen LogP contribution in [-0.2, 0) is 22.5 Å². The SMILES string of the molecule is O=C(CC1OCCc2ccccc21)Nc1ncn(Cc2ccccn2)n1. The van der Waals surface area contributed by atoms with E-state index in [1.807, 2.05) is 36.4 Å². The van der Waals surface area contributed by atoms with Crippen LogP contribution < -0.4 is 5.32 Å². The van der Waals surface area contributed by atoms with Crippen LogP contribution in [0.5, 0.6) is 0 Å². The summed E-state index contributed by atoms with van der Waals surface area (Å²) in [5.74, 6) is 0.123. The molecular weight excluding hydrogens is 330 g/mol. The first kappa shape index (κ1) is 16.4. The summed E-state index contributed by atoms with van der Waals surface area (Å²) in [5.41, 5.74) is 3.21. The Labute approximate surface area is 151 Å². The van der Waals surface area contributed by atoms with Gasteiger partial charge in [-0.05, 0) is 29.7 Å². The van der Waals surface area contributed by atoms with Crippen LogP contribution in [0.25, 0.3) is 0 Å². The van der Waals surface area contributed by atoms with E-state index in [1.165, 1.54) is 5.56 Å². The molecule has 1 aromatic carbocycles. The van der Waals surface area contributed by atoms with Crippen molar-refractivity contribution in [3.05, 3.63) is 71.8 Å². The van der Waals surface area contributed by atoms with E-state index in [9.17, 15) is 4.79 Å². The molecule has 0 fully saturated rings. The maximum Gasteiger partial charge on any atom is 0.248 e. The highest BCUT2D eigenvalue weighted by Gasteiger charge is 2.23. The van der Waals surface area contributed by atoms with Crippen LogP contribution in [0.2, 0.25) is 0 Å². The third-order valence-corrected chi connectivity index (χ3v) is 4.30. The Hall–Kier alpha value is -3.06. The summed E-state index contributed by atoms with van der Waals surface area (Å²) < 4.78 is 7.43. The maximum absolute atomic E-state index is 12.4. The normalized spacial score (nSPS) is 16.1. The van der Waals surface area contributed by atoms with Crippen LogP contribution >= 0.6 is 0 Å². The van der Waals surface area contributed by atoms with Gasteiger partial charge in [0.05, 0.1) is 31.4 Å². The fourth-order valence-electron chi connectivity index (χ4n) is 3.08. The molecule has 0 spiro atoms. The predicted octanol–water partition coefficient (Wildman–Crippen LogP) is 2.36. The van der Waals surface area contributed by atoms with Crippen molar-refractivity contribution in [2.45, 2.75) is 25.5 Å². The highest BCUT2D eigenvalue weighted by molar-refractivity contribution is 5.89. The molecule has 1 aliphatic heterocycles.